The summed E-state index contributed by atoms with van der Waals surface area (Å²) in [6.07, 6.45) is 2.37. The van der Waals surface area contributed by atoms with E-state index in [-0.39, 0.29) is 18.1 Å². The number of likely N-dealkylation sites (tertiary alicyclic amines) is 1. The van der Waals surface area contributed by atoms with Gasteiger partial charge in [-0.05, 0) is 56.8 Å². The number of nitrogens with zero attached hydrogens (tertiary/aromatic N) is 2. The molecule has 0 aliphatic carbocycles. The molecule has 2 N–H and O–H groups in total. The topological polar surface area (TPSA) is 88.6 Å². The molecule has 3 rings (SSSR count). The van der Waals surface area contributed by atoms with Crippen molar-refractivity contribution in [2.45, 2.75) is 46.1 Å². The number of rotatable bonds is 5. The fraction of sp³-hybridized carbons (Fsp3) is 0.478. The summed E-state index contributed by atoms with van der Waals surface area (Å²) < 4.78 is 10.8. The molecule has 1 aromatic carbocycles. The van der Waals surface area contributed by atoms with E-state index in [2.05, 4.69) is 24.0 Å². The molecule has 0 spiro atoms. The summed E-state index contributed by atoms with van der Waals surface area (Å²) in [5.74, 6) is 0.117. The molecule has 0 radical (unpaired) electrons. The van der Waals surface area contributed by atoms with Gasteiger partial charge in [0.2, 0.25) is 5.88 Å². The molecule has 0 bridgehead atoms. The Bertz CT molecular complexity index is 874. The molecule has 1 saturated heterocycles. The van der Waals surface area contributed by atoms with Crippen molar-refractivity contribution in [1.82, 2.24) is 4.90 Å². The normalized spacial score (nSPS) is 21.0. The summed E-state index contributed by atoms with van der Waals surface area (Å²) in [6.45, 7) is 8.85. The standard InChI is InChI=1S/C23H29N3O3/c1-4-28-23(27)20-16(3)29-22(25)19(13-24)21(20)18-8-6-5-7-17(18)14-26-11-9-15(2)10-12-26/h5-8,15,21H,4,9-12,14,25H2,1-3H3. The molecule has 2 aliphatic heterocycles. The van der Waals surface area contributed by atoms with E-state index in [4.69, 9.17) is 15.2 Å². The first kappa shape index (κ1) is 20.9. The van der Waals surface area contributed by atoms with Crippen LogP contribution in [0.25, 0.3) is 0 Å². The van der Waals surface area contributed by atoms with Crippen LogP contribution in [0.3, 0.4) is 0 Å². The maximum atomic E-state index is 12.8. The highest BCUT2D eigenvalue weighted by molar-refractivity contribution is 5.92. The number of esters is 1. The molecule has 0 aromatic heterocycles. The highest BCUT2D eigenvalue weighted by atomic mass is 16.5. The molecule has 0 saturated carbocycles. The molecule has 6 nitrogen and oxygen atoms in total. The molecular weight excluding hydrogens is 366 g/mol. The number of allylic oxidation sites excluding steroid dienone is 2. The lowest BCUT2D eigenvalue weighted by Crippen LogP contribution is -2.33. The van der Waals surface area contributed by atoms with Crippen LogP contribution < -0.4 is 5.73 Å². The van der Waals surface area contributed by atoms with Gasteiger partial charge in [0, 0.05) is 6.54 Å². The van der Waals surface area contributed by atoms with Gasteiger partial charge >= 0.3 is 5.97 Å². The number of carbonyl (C=O) groups excluding carboxylic acids is 1. The lowest BCUT2D eigenvalue weighted by Gasteiger charge is -2.32. The van der Waals surface area contributed by atoms with Gasteiger partial charge in [-0.15, -0.1) is 0 Å². The third kappa shape index (κ3) is 4.46. The van der Waals surface area contributed by atoms with E-state index < -0.39 is 11.9 Å². The van der Waals surface area contributed by atoms with E-state index in [1.54, 1.807) is 13.8 Å². The Kier molecular flexibility index (Phi) is 6.60. The van der Waals surface area contributed by atoms with Crippen LogP contribution >= 0.6 is 0 Å². The molecule has 1 aromatic rings. The maximum absolute atomic E-state index is 12.8. The Labute approximate surface area is 172 Å². The smallest absolute Gasteiger partial charge is 0.338 e. The highest BCUT2D eigenvalue weighted by Gasteiger charge is 2.37. The van der Waals surface area contributed by atoms with Gasteiger partial charge in [-0.2, -0.15) is 5.26 Å². The second-order valence-corrected chi connectivity index (χ2v) is 7.77. The molecule has 154 valence electrons. The van der Waals surface area contributed by atoms with E-state index in [0.717, 1.165) is 36.7 Å². The number of hydrogen-bond acceptors (Lipinski definition) is 6. The van der Waals surface area contributed by atoms with Crippen LogP contribution in [0.2, 0.25) is 0 Å². The second kappa shape index (κ2) is 9.15. The predicted molar refractivity (Wildman–Crippen MR) is 110 cm³/mol. The summed E-state index contributed by atoms with van der Waals surface area (Å²) in [5, 5.41) is 9.80. The van der Waals surface area contributed by atoms with Crippen molar-refractivity contribution in [1.29, 1.82) is 5.26 Å². The summed E-state index contributed by atoms with van der Waals surface area (Å²) in [7, 11) is 0. The Morgan fingerprint density at radius 3 is 2.69 bits per heavy atom. The summed E-state index contributed by atoms with van der Waals surface area (Å²) in [4.78, 5) is 15.2. The van der Waals surface area contributed by atoms with Crippen LogP contribution in [0.4, 0.5) is 0 Å². The minimum absolute atomic E-state index is 0.0460. The molecule has 1 unspecified atom stereocenters. The van der Waals surface area contributed by atoms with Gasteiger partial charge in [0.05, 0.1) is 18.1 Å². The Hall–Kier alpha value is -2.78. The maximum Gasteiger partial charge on any atom is 0.338 e. The molecule has 2 heterocycles. The van der Waals surface area contributed by atoms with Crippen molar-refractivity contribution in [3.05, 3.63) is 58.2 Å². The molecule has 1 atom stereocenters. The third-order valence-corrected chi connectivity index (χ3v) is 5.74. The lowest BCUT2D eigenvalue weighted by molar-refractivity contribution is -0.139. The zero-order valence-corrected chi connectivity index (χ0v) is 17.4. The van der Waals surface area contributed by atoms with Gasteiger partial charge < -0.3 is 15.2 Å². The van der Waals surface area contributed by atoms with Crippen molar-refractivity contribution in [2.24, 2.45) is 11.7 Å². The Morgan fingerprint density at radius 1 is 1.34 bits per heavy atom. The fourth-order valence-corrected chi connectivity index (χ4v) is 4.09. The molecule has 6 heteroatoms. The van der Waals surface area contributed by atoms with Crippen molar-refractivity contribution in [2.75, 3.05) is 19.7 Å². The summed E-state index contributed by atoms with van der Waals surface area (Å²) in [6, 6.07) is 10.1. The zero-order chi connectivity index (χ0) is 21.0. The van der Waals surface area contributed by atoms with Crippen LogP contribution in [0.15, 0.2) is 47.1 Å². The van der Waals surface area contributed by atoms with Crippen molar-refractivity contribution < 1.29 is 14.3 Å². The number of ether oxygens (including phenoxy) is 2. The molecule has 1 fully saturated rings. The van der Waals surface area contributed by atoms with Gasteiger partial charge in [0.25, 0.3) is 0 Å². The zero-order valence-electron chi connectivity index (χ0n) is 17.4. The van der Waals surface area contributed by atoms with E-state index in [0.29, 0.717) is 11.3 Å². The van der Waals surface area contributed by atoms with E-state index in [9.17, 15) is 10.1 Å². The molecular formula is C23H29N3O3. The number of benzene rings is 1. The van der Waals surface area contributed by atoms with Crippen LogP contribution in [-0.4, -0.2) is 30.6 Å². The van der Waals surface area contributed by atoms with Gasteiger partial charge in [0.1, 0.15) is 17.4 Å². The monoisotopic (exact) mass is 395 g/mol. The molecule has 29 heavy (non-hydrogen) atoms. The van der Waals surface area contributed by atoms with E-state index in [1.807, 2.05) is 18.2 Å². The average molecular weight is 396 g/mol. The Morgan fingerprint density at radius 2 is 2.03 bits per heavy atom. The molecule has 2 aliphatic rings. The van der Waals surface area contributed by atoms with Gasteiger partial charge in [-0.25, -0.2) is 4.79 Å². The number of nitrogens with two attached hydrogens (primary N) is 1. The van der Waals surface area contributed by atoms with Crippen LogP contribution in [0, 0.1) is 17.2 Å². The van der Waals surface area contributed by atoms with Gasteiger partial charge in [-0.3, -0.25) is 4.90 Å². The summed E-state index contributed by atoms with van der Waals surface area (Å²) in [5.41, 5.74) is 8.61. The number of hydrogen-bond donors (Lipinski definition) is 1. The largest absolute Gasteiger partial charge is 0.463 e. The first-order valence-corrected chi connectivity index (χ1v) is 10.2. The van der Waals surface area contributed by atoms with Crippen molar-refractivity contribution in [3.63, 3.8) is 0 Å². The van der Waals surface area contributed by atoms with Crippen LogP contribution in [0.1, 0.15) is 50.7 Å². The van der Waals surface area contributed by atoms with E-state index >= 15 is 0 Å². The first-order valence-electron chi connectivity index (χ1n) is 10.2. The van der Waals surface area contributed by atoms with Gasteiger partial charge in [0.15, 0.2) is 0 Å². The lowest BCUT2D eigenvalue weighted by atomic mass is 9.80. The predicted octanol–water partition coefficient (Wildman–Crippen LogP) is 3.56. The highest BCUT2D eigenvalue weighted by Crippen LogP contribution is 2.41. The minimum Gasteiger partial charge on any atom is -0.463 e. The van der Waals surface area contributed by atoms with E-state index in [1.165, 1.54) is 12.8 Å². The third-order valence-electron chi connectivity index (χ3n) is 5.74. The minimum atomic E-state index is -0.590. The van der Waals surface area contributed by atoms with Crippen LogP contribution in [0.5, 0.6) is 0 Å². The fourth-order valence-electron chi connectivity index (χ4n) is 4.09. The molecule has 0 amide bonds. The quantitative estimate of drug-likeness (QED) is 0.767. The van der Waals surface area contributed by atoms with Crippen molar-refractivity contribution >= 4 is 5.97 Å². The number of nitriles is 1. The number of piperidine rings is 1. The SMILES string of the molecule is CCOC(=O)C1=C(C)OC(N)=C(C#N)C1c1ccccc1CN1CCC(C)CC1. The summed E-state index contributed by atoms with van der Waals surface area (Å²) >= 11 is 0. The van der Waals surface area contributed by atoms with Crippen molar-refractivity contribution in [3.8, 4) is 6.07 Å². The van der Waals surface area contributed by atoms with Gasteiger partial charge in [-0.1, -0.05) is 31.2 Å². The Balaban J connectivity index is 2.02. The number of carbonyl (C=O) groups is 1. The van der Waals surface area contributed by atoms with Crippen LogP contribution in [-0.2, 0) is 20.8 Å². The first-order chi connectivity index (χ1) is 14.0. The average Bonchev–Trinajstić information content (AvgIpc) is 2.70. The second-order valence-electron chi connectivity index (χ2n) is 7.77.